The molecule has 0 heterocycles. The van der Waals surface area contributed by atoms with Crippen molar-refractivity contribution in [3.05, 3.63) is 29.8 Å². The van der Waals surface area contributed by atoms with Crippen molar-refractivity contribution in [2.75, 3.05) is 0 Å². The third kappa shape index (κ3) is 2.52. The van der Waals surface area contributed by atoms with Crippen molar-refractivity contribution in [2.45, 2.75) is 26.2 Å². The van der Waals surface area contributed by atoms with E-state index in [1.165, 1.54) is 9.07 Å². The van der Waals surface area contributed by atoms with E-state index in [1.54, 1.807) is 23.0 Å². The molecule has 58 valence electrons. The van der Waals surface area contributed by atoms with Gasteiger partial charge < -0.3 is 0 Å². The minimum absolute atomic E-state index is 0.291. The number of hydrogen-bond acceptors (Lipinski definition) is 0. The standard InChI is InChI=1S/C10H13.Sb/c1-10(2,3)9-7-5-4-6-8-9;/h5-8H,1-3H3;. The molecule has 11 heavy (non-hydrogen) atoms. The Hall–Kier alpha value is 0.0382. The number of hydrogen-bond donors (Lipinski definition) is 0. The molecule has 0 fully saturated rings. The summed E-state index contributed by atoms with van der Waals surface area (Å²) >= 11 is 1.77. The Kier molecular flexibility index (Phi) is 2.65. The Morgan fingerprint density at radius 2 is 1.45 bits per heavy atom. The molecular formula is C10H13Sb. The average molecular weight is 255 g/mol. The second-order valence-corrected chi connectivity index (χ2v) is 5.27. The van der Waals surface area contributed by atoms with Crippen molar-refractivity contribution in [3.8, 4) is 0 Å². The third-order valence-corrected chi connectivity index (χ3v) is 2.58. The zero-order valence-corrected chi connectivity index (χ0v) is 9.81. The van der Waals surface area contributed by atoms with Crippen molar-refractivity contribution in [3.63, 3.8) is 0 Å². The van der Waals surface area contributed by atoms with Crippen LogP contribution in [-0.2, 0) is 5.41 Å². The summed E-state index contributed by atoms with van der Waals surface area (Å²) in [6, 6.07) is 8.81. The van der Waals surface area contributed by atoms with E-state index in [-0.39, 0.29) is 0 Å². The van der Waals surface area contributed by atoms with Gasteiger partial charge in [0.15, 0.2) is 0 Å². The molecule has 1 aromatic rings. The Morgan fingerprint density at radius 1 is 1.00 bits per heavy atom. The van der Waals surface area contributed by atoms with Crippen molar-refractivity contribution in [1.82, 2.24) is 0 Å². The Balaban J connectivity index is 2.99. The first-order valence-corrected chi connectivity index (χ1v) is 5.07. The second-order valence-electron chi connectivity index (χ2n) is 3.80. The molecule has 0 aliphatic rings. The van der Waals surface area contributed by atoms with E-state index in [2.05, 4.69) is 45.0 Å². The molecule has 0 nitrogen and oxygen atoms in total. The summed E-state index contributed by atoms with van der Waals surface area (Å²) in [5, 5.41) is 0. The Labute approximate surface area is 82.5 Å². The Bertz CT molecular complexity index is 228. The molecule has 0 aromatic heterocycles. The Morgan fingerprint density at radius 3 is 1.82 bits per heavy atom. The summed E-state index contributed by atoms with van der Waals surface area (Å²) in [5.41, 5.74) is 1.70. The predicted octanol–water partition coefficient (Wildman–Crippen LogP) is 1.78. The molecule has 1 heteroatoms. The van der Waals surface area contributed by atoms with Crippen LogP contribution in [0, 0.1) is 0 Å². The molecule has 0 aliphatic heterocycles. The fourth-order valence-electron chi connectivity index (χ4n) is 0.961. The molecule has 0 atom stereocenters. The van der Waals surface area contributed by atoms with Gasteiger partial charge in [-0.1, -0.05) is 0 Å². The van der Waals surface area contributed by atoms with Crippen LogP contribution in [0.3, 0.4) is 0 Å². The minimum atomic E-state index is 0.291. The molecule has 0 bridgehead atoms. The molecule has 0 aliphatic carbocycles. The molecule has 0 saturated heterocycles. The van der Waals surface area contributed by atoms with E-state index in [0.717, 1.165) is 0 Å². The summed E-state index contributed by atoms with van der Waals surface area (Å²) in [4.78, 5) is 0. The van der Waals surface area contributed by atoms with Crippen LogP contribution in [-0.4, -0.2) is 23.0 Å². The molecule has 0 saturated carbocycles. The predicted molar refractivity (Wildman–Crippen MR) is 50.5 cm³/mol. The van der Waals surface area contributed by atoms with Gasteiger partial charge in [-0.05, 0) is 0 Å². The maximum absolute atomic E-state index is 2.24. The summed E-state index contributed by atoms with van der Waals surface area (Å²) in [6.07, 6.45) is 0. The van der Waals surface area contributed by atoms with E-state index in [1.807, 2.05) is 0 Å². The van der Waals surface area contributed by atoms with E-state index in [4.69, 9.17) is 0 Å². The summed E-state index contributed by atoms with van der Waals surface area (Å²) in [5.74, 6) is 0. The van der Waals surface area contributed by atoms with Gasteiger partial charge in [-0.15, -0.1) is 0 Å². The number of rotatable bonds is 0. The van der Waals surface area contributed by atoms with Crippen LogP contribution in [0.25, 0.3) is 0 Å². The molecule has 1 aromatic carbocycles. The van der Waals surface area contributed by atoms with Gasteiger partial charge in [-0.25, -0.2) is 0 Å². The van der Waals surface area contributed by atoms with Crippen molar-refractivity contribution >= 4 is 26.5 Å². The molecule has 0 amide bonds. The summed E-state index contributed by atoms with van der Waals surface area (Å²) in [7, 11) is 0. The van der Waals surface area contributed by atoms with Crippen LogP contribution < -0.4 is 3.51 Å². The first-order chi connectivity index (χ1) is 5.00. The SMILES string of the molecule is CC(C)(C)c1cc[c]([Sb])cc1. The number of benzene rings is 1. The van der Waals surface area contributed by atoms with Crippen molar-refractivity contribution in [2.24, 2.45) is 0 Å². The monoisotopic (exact) mass is 254 g/mol. The van der Waals surface area contributed by atoms with Gasteiger partial charge in [-0.2, -0.15) is 0 Å². The van der Waals surface area contributed by atoms with Crippen LogP contribution >= 0.6 is 0 Å². The van der Waals surface area contributed by atoms with Crippen LogP contribution in [0.15, 0.2) is 24.3 Å². The molecule has 0 spiro atoms. The molecular weight excluding hydrogens is 242 g/mol. The van der Waals surface area contributed by atoms with Crippen LogP contribution in [0.4, 0.5) is 0 Å². The van der Waals surface area contributed by atoms with Gasteiger partial charge in [0.2, 0.25) is 0 Å². The topological polar surface area (TPSA) is 0 Å². The van der Waals surface area contributed by atoms with E-state index < -0.39 is 0 Å². The first-order valence-electron chi connectivity index (χ1n) is 3.79. The second kappa shape index (κ2) is 3.19. The van der Waals surface area contributed by atoms with E-state index in [0.29, 0.717) is 5.41 Å². The fourth-order valence-corrected chi connectivity index (χ4v) is 1.39. The van der Waals surface area contributed by atoms with Gasteiger partial charge in [0, 0.05) is 0 Å². The zero-order chi connectivity index (χ0) is 8.48. The van der Waals surface area contributed by atoms with Gasteiger partial charge >= 0.3 is 82.5 Å². The molecule has 1 rings (SSSR count). The third-order valence-electron chi connectivity index (χ3n) is 1.73. The molecule has 0 unspecified atom stereocenters. The summed E-state index contributed by atoms with van der Waals surface area (Å²) in [6.45, 7) is 6.71. The van der Waals surface area contributed by atoms with E-state index >= 15 is 0 Å². The normalized spacial score (nSPS) is 11.6. The molecule has 0 N–H and O–H groups in total. The van der Waals surface area contributed by atoms with Crippen LogP contribution in [0.1, 0.15) is 26.3 Å². The van der Waals surface area contributed by atoms with Gasteiger partial charge in [0.05, 0.1) is 0 Å². The van der Waals surface area contributed by atoms with Crippen molar-refractivity contribution < 1.29 is 0 Å². The molecule has 2 radical (unpaired) electrons. The average Bonchev–Trinajstić information content (AvgIpc) is 1.86. The van der Waals surface area contributed by atoms with Gasteiger partial charge in [0.1, 0.15) is 0 Å². The first kappa shape index (κ1) is 9.13. The summed E-state index contributed by atoms with van der Waals surface area (Å²) < 4.78 is 1.38. The van der Waals surface area contributed by atoms with Crippen LogP contribution in [0.5, 0.6) is 0 Å². The zero-order valence-electron chi connectivity index (χ0n) is 7.26. The quantitative estimate of drug-likeness (QED) is 0.620. The van der Waals surface area contributed by atoms with E-state index in [9.17, 15) is 0 Å². The fraction of sp³-hybridized carbons (Fsp3) is 0.400. The van der Waals surface area contributed by atoms with Gasteiger partial charge in [-0.3, -0.25) is 0 Å². The van der Waals surface area contributed by atoms with Gasteiger partial charge in [0.25, 0.3) is 0 Å². The van der Waals surface area contributed by atoms with Crippen molar-refractivity contribution in [1.29, 1.82) is 0 Å². The maximum atomic E-state index is 2.24. The van der Waals surface area contributed by atoms with Crippen LogP contribution in [0.2, 0.25) is 0 Å².